The second kappa shape index (κ2) is 17.6. The van der Waals surface area contributed by atoms with E-state index in [2.05, 4.69) is 32.7 Å². The summed E-state index contributed by atoms with van der Waals surface area (Å²) in [6.45, 7) is 8.15. The highest BCUT2D eigenvalue weighted by molar-refractivity contribution is 4.68. The number of ether oxygens (including phenoxy) is 1. The van der Waals surface area contributed by atoms with Crippen molar-refractivity contribution in [3.63, 3.8) is 0 Å². The summed E-state index contributed by atoms with van der Waals surface area (Å²) in [5.74, 6) is 0. The Balaban J connectivity index is 0. The zero-order valence-electron chi connectivity index (χ0n) is 10.5. The SMILES string of the molecule is C=CCOCC=C.COOCC(CO)OOC. The van der Waals surface area contributed by atoms with Gasteiger partial charge in [0.25, 0.3) is 0 Å². The molecule has 0 aromatic rings. The Morgan fingerprint density at radius 2 is 1.71 bits per heavy atom. The molecule has 17 heavy (non-hydrogen) atoms. The third-order valence-corrected chi connectivity index (χ3v) is 1.28. The van der Waals surface area contributed by atoms with Gasteiger partial charge in [-0.15, -0.1) is 13.2 Å². The molecule has 0 aliphatic rings. The highest BCUT2D eigenvalue weighted by Crippen LogP contribution is 1.91. The molecule has 0 saturated heterocycles. The van der Waals surface area contributed by atoms with Gasteiger partial charge in [-0.1, -0.05) is 12.2 Å². The number of aliphatic hydroxyl groups excluding tert-OH is 1. The fourth-order valence-corrected chi connectivity index (χ4v) is 0.626. The molecule has 0 aliphatic heterocycles. The Labute approximate surface area is 102 Å². The summed E-state index contributed by atoms with van der Waals surface area (Å²) in [6.07, 6.45) is 2.93. The molecule has 0 radical (unpaired) electrons. The summed E-state index contributed by atoms with van der Waals surface area (Å²) >= 11 is 0. The van der Waals surface area contributed by atoms with Gasteiger partial charge in [-0.05, 0) is 0 Å². The first kappa shape index (κ1) is 18.6. The molecule has 0 saturated carbocycles. The van der Waals surface area contributed by atoms with Crippen molar-refractivity contribution in [3.05, 3.63) is 25.3 Å². The van der Waals surface area contributed by atoms with E-state index >= 15 is 0 Å². The first-order valence-corrected chi connectivity index (χ1v) is 5.02. The molecule has 0 aromatic heterocycles. The largest absolute Gasteiger partial charge is 0.393 e. The molecule has 0 heterocycles. The van der Waals surface area contributed by atoms with Gasteiger partial charge in [0.15, 0.2) is 0 Å². The van der Waals surface area contributed by atoms with E-state index in [1.807, 2.05) is 0 Å². The van der Waals surface area contributed by atoms with Crippen molar-refractivity contribution in [3.8, 4) is 0 Å². The average molecular weight is 250 g/mol. The van der Waals surface area contributed by atoms with Gasteiger partial charge in [0.1, 0.15) is 12.7 Å². The van der Waals surface area contributed by atoms with Gasteiger partial charge in [0.2, 0.25) is 0 Å². The summed E-state index contributed by atoms with van der Waals surface area (Å²) in [7, 11) is 2.73. The van der Waals surface area contributed by atoms with Crippen molar-refractivity contribution in [2.24, 2.45) is 0 Å². The van der Waals surface area contributed by atoms with Crippen LogP contribution >= 0.6 is 0 Å². The maximum atomic E-state index is 8.54. The van der Waals surface area contributed by atoms with E-state index < -0.39 is 6.10 Å². The van der Waals surface area contributed by atoms with Gasteiger partial charge >= 0.3 is 0 Å². The predicted molar refractivity (Wildman–Crippen MR) is 63.1 cm³/mol. The Bertz CT molecular complexity index is 154. The van der Waals surface area contributed by atoms with Crippen LogP contribution in [0.4, 0.5) is 0 Å². The molecule has 1 unspecified atom stereocenters. The smallest absolute Gasteiger partial charge is 0.142 e. The molecule has 1 N–H and O–H groups in total. The quantitative estimate of drug-likeness (QED) is 0.269. The number of hydrogen-bond acceptors (Lipinski definition) is 6. The van der Waals surface area contributed by atoms with Crippen molar-refractivity contribution in [1.29, 1.82) is 0 Å². The molecule has 6 nitrogen and oxygen atoms in total. The first-order chi connectivity index (χ1) is 8.26. The van der Waals surface area contributed by atoms with Gasteiger partial charge in [-0.2, -0.15) is 0 Å². The van der Waals surface area contributed by atoms with Gasteiger partial charge in [0, 0.05) is 0 Å². The third-order valence-electron chi connectivity index (χ3n) is 1.28. The van der Waals surface area contributed by atoms with E-state index in [1.165, 1.54) is 14.2 Å². The van der Waals surface area contributed by atoms with Crippen LogP contribution in [0.15, 0.2) is 25.3 Å². The zero-order chi connectivity index (χ0) is 13.4. The summed E-state index contributed by atoms with van der Waals surface area (Å²) in [6, 6.07) is 0. The van der Waals surface area contributed by atoms with Gasteiger partial charge in [-0.25, -0.2) is 19.6 Å². The number of hydrogen-bond donors (Lipinski definition) is 1. The van der Waals surface area contributed by atoms with E-state index in [0.717, 1.165) is 0 Å². The normalized spacial score (nSPS) is 11.2. The van der Waals surface area contributed by atoms with Crippen LogP contribution in [0.25, 0.3) is 0 Å². The van der Waals surface area contributed by atoms with E-state index in [0.29, 0.717) is 13.2 Å². The Hall–Kier alpha value is -0.760. The molecule has 102 valence electrons. The van der Waals surface area contributed by atoms with E-state index in [4.69, 9.17) is 9.84 Å². The van der Waals surface area contributed by atoms with E-state index in [1.54, 1.807) is 12.2 Å². The Morgan fingerprint density at radius 3 is 2.06 bits per heavy atom. The zero-order valence-corrected chi connectivity index (χ0v) is 10.5. The lowest BCUT2D eigenvalue weighted by atomic mass is 10.4. The van der Waals surface area contributed by atoms with E-state index in [9.17, 15) is 0 Å². The van der Waals surface area contributed by atoms with Crippen molar-refractivity contribution in [2.45, 2.75) is 6.10 Å². The molecule has 0 spiro atoms. The standard InChI is InChI=1S/C6H10O.C5H12O5/c1-3-5-7-6-4-2;1-7-9-4-5(3-6)10-8-2/h3-4H,1-2,5-6H2;5-6H,3-4H2,1-2H3. The fourth-order valence-electron chi connectivity index (χ4n) is 0.626. The average Bonchev–Trinajstić information content (AvgIpc) is 2.36. The molecular weight excluding hydrogens is 228 g/mol. The van der Waals surface area contributed by atoms with Crippen LogP contribution in [0, 0.1) is 0 Å². The molecular formula is C11H22O6. The lowest BCUT2D eigenvalue weighted by Crippen LogP contribution is -2.23. The van der Waals surface area contributed by atoms with Crippen molar-refractivity contribution >= 4 is 0 Å². The molecule has 6 heteroatoms. The highest BCUT2D eigenvalue weighted by atomic mass is 17.2. The molecule has 0 aromatic carbocycles. The van der Waals surface area contributed by atoms with Crippen LogP contribution in [-0.2, 0) is 24.3 Å². The summed E-state index contributed by atoms with van der Waals surface area (Å²) in [5.41, 5.74) is 0. The van der Waals surface area contributed by atoms with Crippen molar-refractivity contribution < 1.29 is 29.4 Å². The minimum atomic E-state index is -0.495. The van der Waals surface area contributed by atoms with Crippen LogP contribution < -0.4 is 0 Å². The van der Waals surface area contributed by atoms with Gasteiger partial charge in [-0.3, -0.25) is 0 Å². The van der Waals surface area contributed by atoms with Gasteiger partial charge in [0.05, 0.1) is 34.0 Å². The third kappa shape index (κ3) is 17.8. The molecule has 0 aliphatic carbocycles. The second-order valence-electron chi connectivity index (χ2n) is 2.63. The van der Waals surface area contributed by atoms with Crippen molar-refractivity contribution in [2.75, 3.05) is 40.6 Å². The van der Waals surface area contributed by atoms with Crippen LogP contribution in [0.2, 0.25) is 0 Å². The summed E-state index contributed by atoms with van der Waals surface area (Å²) in [4.78, 5) is 17.6. The van der Waals surface area contributed by atoms with Crippen LogP contribution in [-0.4, -0.2) is 51.9 Å². The van der Waals surface area contributed by atoms with Crippen LogP contribution in [0.1, 0.15) is 0 Å². The van der Waals surface area contributed by atoms with Crippen molar-refractivity contribution in [1.82, 2.24) is 0 Å². The van der Waals surface area contributed by atoms with Gasteiger partial charge < -0.3 is 9.84 Å². The maximum absolute atomic E-state index is 8.54. The van der Waals surface area contributed by atoms with Crippen LogP contribution in [0.3, 0.4) is 0 Å². The fraction of sp³-hybridized carbons (Fsp3) is 0.636. The lowest BCUT2D eigenvalue weighted by molar-refractivity contribution is -0.352. The molecule has 0 amide bonds. The minimum absolute atomic E-state index is 0.140. The molecule has 0 bridgehead atoms. The Kier molecular flexibility index (Phi) is 19.3. The minimum Gasteiger partial charge on any atom is -0.393 e. The predicted octanol–water partition coefficient (Wildman–Crippen LogP) is 0.878. The maximum Gasteiger partial charge on any atom is 0.142 e. The molecule has 0 rings (SSSR count). The number of rotatable bonds is 10. The summed E-state index contributed by atoms with van der Waals surface area (Å²) < 4.78 is 4.90. The topological polar surface area (TPSA) is 66.4 Å². The molecule has 1 atom stereocenters. The number of aliphatic hydroxyl groups is 1. The van der Waals surface area contributed by atoms with E-state index in [-0.39, 0.29) is 13.2 Å². The monoisotopic (exact) mass is 250 g/mol. The summed E-state index contributed by atoms with van der Waals surface area (Å²) in [5, 5.41) is 8.54. The highest BCUT2D eigenvalue weighted by Gasteiger charge is 2.07. The molecule has 0 fully saturated rings. The lowest BCUT2D eigenvalue weighted by Gasteiger charge is -2.10. The second-order valence-corrected chi connectivity index (χ2v) is 2.63. The first-order valence-electron chi connectivity index (χ1n) is 5.02. The Morgan fingerprint density at radius 1 is 1.12 bits per heavy atom. The van der Waals surface area contributed by atoms with Crippen LogP contribution in [0.5, 0.6) is 0 Å².